The van der Waals surface area contributed by atoms with Crippen molar-refractivity contribution in [1.29, 1.82) is 0 Å². The maximum atomic E-state index is 13.9. The minimum Gasteiger partial charge on any atom is -0.487 e. The van der Waals surface area contributed by atoms with Crippen molar-refractivity contribution in [3.05, 3.63) is 94.1 Å². The Morgan fingerprint density at radius 3 is 2.79 bits per heavy atom. The van der Waals surface area contributed by atoms with E-state index in [1.165, 1.54) is 12.3 Å². The van der Waals surface area contributed by atoms with Crippen molar-refractivity contribution in [2.75, 3.05) is 0 Å². The zero-order chi connectivity index (χ0) is 23.0. The maximum Gasteiger partial charge on any atom is 0.218 e. The fourth-order valence-corrected chi connectivity index (χ4v) is 3.51. The second kappa shape index (κ2) is 11.0. The third kappa shape index (κ3) is 6.59. The van der Waals surface area contributed by atoms with Crippen molar-refractivity contribution in [3.63, 3.8) is 0 Å². The van der Waals surface area contributed by atoms with Crippen molar-refractivity contribution in [1.82, 2.24) is 20.0 Å². The van der Waals surface area contributed by atoms with Crippen molar-refractivity contribution in [2.24, 2.45) is 0 Å². The second-order valence-electron chi connectivity index (χ2n) is 7.36. The molecule has 1 N–H and O–H groups in total. The van der Waals surface area contributed by atoms with Crippen LogP contribution in [0.2, 0.25) is 0 Å². The fraction of sp³-hybridized carbons (Fsp3) is 0.208. The molecule has 0 spiro atoms. The number of aliphatic hydroxyl groups excluding tert-OH is 1. The predicted octanol–water partition coefficient (Wildman–Crippen LogP) is 5.43. The Morgan fingerprint density at radius 2 is 2.03 bits per heavy atom. The monoisotopic (exact) mass is 512 g/mol. The maximum absolute atomic E-state index is 13.9. The first kappa shape index (κ1) is 22.9. The average Bonchev–Trinajstić information content (AvgIpc) is 3.50. The summed E-state index contributed by atoms with van der Waals surface area (Å²) in [6.07, 6.45) is 9.02. The van der Waals surface area contributed by atoms with E-state index in [0.717, 1.165) is 12.0 Å². The van der Waals surface area contributed by atoms with Crippen LogP contribution in [0, 0.1) is 5.82 Å². The molecule has 0 saturated heterocycles. The lowest BCUT2D eigenvalue weighted by Gasteiger charge is -2.12. The number of benzene rings is 2. The van der Waals surface area contributed by atoms with Crippen LogP contribution in [0.3, 0.4) is 0 Å². The molecule has 1 unspecified atom stereocenters. The highest BCUT2D eigenvalue weighted by atomic mass is 79.9. The Bertz CT molecular complexity index is 1190. The lowest BCUT2D eigenvalue weighted by molar-refractivity contribution is 0.162. The lowest BCUT2D eigenvalue weighted by Crippen LogP contribution is -2.03. The average molecular weight is 513 g/mol. The van der Waals surface area contributed by atoms with Gasteiger partial charge in [-0.15, -0.1) is 5.10 Å². The summed E-state index contributed by atoms with van der Waals surface area (Å²) < 4.78 is 27.5. The van der Waals surface area contributed by atoms with E-state index in [1.807, 2.05) is 24.3 Å². The number of hydrogen-bond acceptors (Lipinski definition) is 6. The molecule has 170 valence electrons. The molecule has 0 aliphatic carbocycles. The topological polar surface area (TPSA) is 86.2 Å². The molecule has 0 saturated carbocycles. The standard InChI is InChI=1S/C24H22BrFN4O3/c25-19-7-3-17(22(26)14-19)6-10-24-28-20(16-33-24)15-32-21-8-4-18(5-9-21)23(31)2-1-12-30-13-11-27-29-30/h3-11,13-14,16,23,31H,1-2,12,15H2. The summed E-state index contributed by atoms with van der Waals surface area (Å²) in [5.41, 5.74) is 1.88. The highest BCUT2D eigenvalue weighted by Gasteiger charge is 2.09. The van der Waals surface area contributed by atoms with Gasteiger partial charge in [-0.25, -0.2) is 9.37 Å². The van der Waals surface area contributed by atoms with E-state index < -0.39 is 6.10 Å². The smallest absolute Gasteiger partial charge is 0.218 e. The minimum atomic E-state index is -0.553. The van der Waals surface area contributed by atoms with Gasteiger partial charge in [0.15, 0.2) is 0 Å². The number of aryl methyl sites for hydroxylation is 1. The van der Waals surface area contributed by atoms with E-state index in [1.54, 1.807) is 41.4 Å². The quantitative estimate of drug-likeness (QED) is 0.304. The first-order valence-corrected chi connectivity index (χ1v) is 11.2. The summed E-state index contributed by atoms with van der Waals surface area (Å²) in [7, 11) is 0. The molecule has 0 radical (unpaired) electrons. The van der Waals surface area contributed by atoms with Crippen LogP contribution in [0.1, 0.15) is 41.7 Å². The zero-order valence-corrected chi connectivity index (χ0v) is 19.2. The number of hydrogen-bond donors (Lipinski definition) is 1. The van der Waals surface area contributed by atoms with Crippen LogP contribution >= 0.6 is 15.9 Å². The SMILES string of the molecule is OC(CCCn1ccnn1)c1ccc(OCc2coc(C=Cc3ccc(Br)cc3F)n2)cc1. The van der Waals surface area contributed by atoms with Gasteiger partial charge in [-0.2, -0.15) is 0 Å². The normalized spacial score (nSPS) is 12.3. The highest BCUT2D eigenvalue weighted by Crippen LogP contribution is 2.22. The van der Waals surface area contributed by atoms with E-state index >= 15 is 0 Å². The summed E-state index contributed by atoms with van der Waals surface area (Å²) in [5, 5.41) is 18.0. The molecule has 2 heterocycles. The van der Waals surface area contributed by atoms with Crippen LogP contribution in [-0.4, -0.2) is 25.1 Å². The van der Waals surface area contributed by atoms with E-state index in [0.29, 0.717) is 40.3 Å². The molecule has 2 aromatic carbocycles. The molecule has 2 aromatic heterocycles. The number of aliphatic hydroxyl groups is 1. The Kier molecular flexibility index (Phi) is 7.64. The molecule has 4 rings (SSSR count). The van der Waals surface area contributed by atoms with Crippen molar-refractivity contribution in [2.45, 2.75) is 32.1 Å². The third-order valence-corrected chi connectivity index (χ3v) is 5.42. The van der Waals surface area contributed by atoms with E-state index in [4.69, 9.17) is 9.15 Å². The van der Waals surface area contributed by atoms with Crippen molar-refractivity contribution in [3.8, 4) is 5.75 Å². The van der Waals surface area contributed by atoms with Crippen molar-refractivity contribution < 1.29 is 18.7 Å². The van der Waals surface area contributed by atoms with Gasteiger partial charge in [0.05, 0.1) is 12.3 Å². The van der Waals surface area contributed by atoms with Gasteiger partial charge in [0.2, 0.25) is 5.89 Å². The molecule has 0 aliphatic rings. The molecular weight excluding hydrogens is 491 g/mol. The van der Waals surface area contributed by atoms with Crippen LogP contribution in [0.5, 0.6) is 5.75 Å². The number of halogens is 2. The molecule has 9 heteroatoms. The number of oxazole rings is 1. The summed E-state index contributed by atoms with van der Waals surface area (Å²) in [6, 6.07) is 12.2. The van der Waals surface area contributed by atoms with E-state index in [9.17, 15) is 9.50 Å². The fourth-order valence-electron chi connectivity index (χ4n) is 3.17. The largest absolute Gasteiger partial charge is 0.487 e. The van der Waals surface area contributed by atoms with Gasteiger partial charge in [0.25, 0.3) is 0 Å². The molecule has 0 fully saturated rings. The second-order valence-corrected chi connectivity index (χ2v) is 8.27. The van der Waals surface area contributed by atoms with Crippen LogP contribution in [-0.2, 0) is 13.2 Å². The molecule has 4 aromatic rings. The van der Waals surface area contributed by atoms with Gasteiger partial charge < -0.3 is 14.3 Å². The van der Waals surface area contributed by atoms with Gasteiger partial charge in [-0.1, -0.05) is 39.3 Å². The molecule has 33 heavy (non-hydrogen) atoms. The Balaban J connectivity index is 1.25. The summed E-state index contributed by atoms with van der Waals surface area (Å²) in [6.45, 7) is 0.939. The summed E-state index contributed by atoms with van der Waals surface area (Å²) in [4.78, 5) is 4.33. The van der Waals surface area contributed by atoms with Gasteiger partial charge in [-0.05, 0) is 48.7 Å². The van der Waals surface area contributed by atoms with Crippen LogP contribution in [0.25, 0.3) is 12.2 Å². The molecule has 0 aliphatic heterocycles. The summed E-state index contributed by atoms with van der Waals surface area (Å²) >= 11 is 3.23. The minimum absolute atomic E-state index is 0.226. The Labute approximate surface area is 198 Å². The molecule has 0 amide bonds. The van der Waals surface area contributed by atoms with Crippen molar-refractivity contribution >= 4 is 28.1 Å². The van der Waals surface area contributed by atoms with E-state index in [-0.39, 0.29) is 12.4 Å². The van der Waals surface area contributed by atoms with Gasteiger partial charge in [0.1, 0.15) is 30.1 Å². The van der Waals surface area contributed by atoms with Crippen LogP contribution in [0.4, 0.5) is 4.39 Å². The van der Waals surface area contributed by atoms with Gasteiger partial charge in [0, 0.05) is 28.9 Å². The first-order chi connectivity index (χ1) is 16.1. The molecular formula is C24H22BrFN4O3. The number of aromatic nitrogens is 4. The van der Waals surface area contributed by atoms with Gasteiger partial charge >= 0.3 is 0 Å². The predicted molar refractivity (Wildman–Crippen MR) is 125 cm³/mol. The van der Waals surface area contributed by atoms with Crippen LogP contribution < -0.4 is 4.74 Å². The third-order valence-electron chi connectivity index (χ3n) is 4.93. The highest BCUT2D eigenvalue weighted by molar-refractivity contribution is 9.10. The number of nitrogens with zero attached hydrogens (tertiary/aromatic N) is 4. The zero-order valence-electron chi connectivity index (χ0n) is 17.6. The Hall–Kier alpha value is -3.30. The van der Waals surface area contributed by atoms with Crippen LogP contribution in [0.15, 0.2) is 70.0 Å². The Morgan fingerprint density at radius 1 is 1.18 bits per heavy atom. The number of rotatable bonds is 10. The lowest BCUT2D eigenvalue weighted by atomic mass is 10.0. The molecule has 1 atom stereocenters. The molecule has 7 nitrogen and oxygen atoms in total. The summed E-state index contributed by atoms with van der Waals surface area (Å²) in [5.74, 6) is 0.686. The van der Waals surface area contributed by atoms with E-state index in [2.05, 4.69) is 31.2 Å². The first-order valence-electron chi connectivity index (χ1n) is 10.4. The van der Waals surface area contributed by atoms with Gasteiger partial charge in [-0.3, -0.25) is 4.68 Å². The number of ether oxygens (including phenoxy) is 1. The molecule has 0 bridgehead atoms.